The van der Waals surface area contributed by atoms with E-state index in [2.05, 4.69) is 9.97 Å². The summed E-state index contributed by atoms with van der Waals surface area (Å²) in [5.41, 5.74) is 4.10. The van der Waals surface area contributed by atoms with E-state index in [9.17, 15) is 9.59 Å². The molecule has 5 rings (SSSR count). The molecule has 0 bridgehead atoms. The monoisotopic (exact) mass is 452 g/mol. The summed E-state index contributed by atoms with van der Waals surface area (Å²) in [6.45, 7) is 7.50. The average Bonchev–Trinajstić information content (AvgIpc) is 3.17. The molecule has 0 aliphatic carbocycles. The maximum Gasteiger partial charge on any atom is 0.337 e. The summed E-state index contributed by atoms with van der Waals surface area (Å²) in [6, 6.07) is 18.9. The molecule has 0 amide bonds. The van der Waals surface area contributed by atoms with Gasteiger partial charge in [-0.1, -0.05) is 35.9 Å². The first-order valence-electron chi connectivity index (χ1n) is 11.1. The van der Waals surface area contributed by atoms with Crippen LogP contribution >= 0.6 is 0 Å². The molecule has 3 heterocycles. The zero-order chi connectivity index (χ0) is 24.0. The number of benzene rings is 2. The van der Waals surface area contributed by atoms with Gasteiger partial charge < -0.3 is 4.42 Å². The van der Waals surface area contributed by atoms with Crippen molar-refractivity contribution in [3.8, 4) is 17.1 Å². The summed E-state index contributed by atoms with van der Waals surface area (Å²) in [6.07, 6.45) is 0. The van der Waals surface area contributed by atoms with Crippen molar-refractivity contribution in [2.45, 2.75) is 34.2 Å². The third-order valence-electron chi connectivity index (χ3n) is 5.90. The first kappa shape index (κ1) is 21.6. The van der Waals surface area contributed by atoms with E-state index in [-0.39, 0.29) is 6.54 Å². The van der Waals surface area contributed by atoms with Gasteiger partial charge in [-0.3, -0.25) is 9.36 Å². The van der Waals surface area contributed by atoms with Crippen molar-refractivity contribution < 1.29 is 4.42 Å². The number of rotatable bonds is 4. The minimum atomic E-state index is -0.472. The Kier molecular flexibility index (Phi) is 5.24. The molecule has 0 unspecified atom stereocenters. The van der Waals surface area contributed by atoms with Crippen molar-refractivity contribution in [1.82, 2.24) is 19.1 Å². The lowest BCUT2D eigenvalue weighted by atomic mass is 10.1. The zero-order valence-corrected chi connectivity index (χ0v) is 19.5. The van der Waals surface area contributed by atoms with E-state index >= 15 is 0 Å². The number of fused-ring (bicyclic) bond motifs is 1. The molecule has 7 nitrogen and oxygen atoms in total. The number of hydrogen-bond donors (Lipinski definition) is 0. The standard InChI is InChI=1S/C27H24N4O3/c1-16-9-8-10-20(13-16)25-29-22(19(4)34-25)15-30-26(32)23-17(2)14-18(3)28-24(23)31(27(30)33)21-11-6-5-7-12-21/h5-14H,15H2,1-4H3. The summed E-state index contributed by atoms with van der Waals surface area (Å²) in [5, 5.41) is 0.411. The topological polar surface area (TPSA) is 82.9 Å². The number of hydrogen-bond acceptors (Lipinski definition) is 5. The smallest absolute Gasteiger partial charge is 0.337 e. The SMILES string of the molecule is Cc1cccc(-c2nc(Cn3c(=O)c4c(C)cc(C)nc4n(-c4ccccc4)c3=O)c(C)o2)c1. The molecule has 0 radical (unpaired) electrons. The Bertz CT molecular complexity index is 1660. The van der Waals surface area contributed by atoms with Gasteiger partial charge in [-0.05, 0) is 63.6 Å². The summed E-state index contributed by atoms with van der Waals surface area (Å²) in [4.78, 5) is 36.4. The van der Waals surface area contributed by atoms with Gasteiger partial charge in [-0.2, -0.15) is 0 Å². The number of oxazole rings is 1. The van der Waals surface area contributed by atoms with Gasteiger partial charge in [0.25, 0.3) is 5.56 Å². The van der Waals surface area contributed by atoms with Crippen molar-refractivity contribution in [1.29, 1.82) is 0 Å². The minimum absolute atomic E-state index is 0.00505. The summed E-state index contributed by atoms with van der Waals surface area (Å²) < 4.78 is 8.61. The molecule has 5 aromatic rings. The first-order valence-corrected chi connectivity index (χ1v) is 11.1. The van der Waals surface area contributed by atoms with Crippen LogP contribution in [0.15, 0.2) is 74.7 Å². The van der Waals surface area contributed by atoms with Crippen molar-refractivity contribution >= 4 is 11.0 Å². The molecule has 0 aliphatic rings. The molecule has 7 heteroatoms. The van der Waals surface area contributed by atoms with Crippen molar-refractivity contribution in [3.05, 3.63) is 110 Å². The molecule has 0 saturated heterocycles. The van der Waals surface area contributed by atoms with E-state index in [4.69, 9.17) is 4.42 Å². The van der Waals surface area contributed by atoms with Gasteiger partial charge in [0.15, 0.2) is 5.65 Å². The second-order valence-electron chi connectivity index (χ2n) is 8.52. The van der Waals surface area contributed by atoms with Gasteiger partial charge in [0.05, 0.1) is 17.6 Å². The Morgan fingerprint density at radius 1 is 0.882 bits per heavy atom. The van der Waals surface area contributed by atoms with Crippen LogP contribution in [0.1, 0.15) is 28.3 Å². The van der Waals surface area contributed by atoms with Crippen LogP contribution in [0, 0.1) is 27.7 Å². The zero-order valence-electron chi connectivity index (χ0n) is 19.5. The van der Waals surface area contributed by atoms with Gasteiger partial charge in [0.1, 0.15) is 11.5 Å². The van der Waals surface area contributed by atoms with E-state index in [1.165, 1.54) is 9.13 Å². The van der Waals surface area contributed by atoms with Gasteiger partial charge >= 0.3 is 5.69 Å². The maximum atomic E-state index is 13.7. The van der Waals surface area contributed by atoms with E-state index in [1.807, 2.05) is 81.4 Å². The van der Waals surface area contributed by atoms with Crippen LogP contribution in [0.4, 0.5) is 0 Å². The Morgan fingerprint density at radius 3 is 2.38 bits per heavy atom. The largest absolute Gasteiger partial charge is 0.441 e. The van der Waals surface area contributed by atoms with Gasteiger partial charge in [0, 0.05) is 11.3 Å². The predicted octanol–water partition coefficient (Wildman–Crippen LogP) is 4.48. The Morgan fingerprint density at radius 2 is 1.65 bits per heavy atom. The lowest BCUT2D eigenvalue weighted by Crippen LogP contribution is -2.40. The highest BCUT2D eigenvalue weighted by atomic mass is 16.4. The summed E-state index contributed by atoms with van der Waals surface area (Å²) in [7, 11) is 0. The second kappa shape index (κ2) is 8.26. The summed E-state index contributed by atoms with van der Waals surface area (Å²) >= 11 is 0. The predicted molar refractivity (Wildman–Crippen MR) is 132 cm³/mol. The maximum absolute atomic E-state index is 13.7. The van der Waals surface area contributed by atoms with Crippen LogP contribution in [0.3, 0.4) is 0 Å². The molecule has 34 heavy (non-hydrogen) atoms. The normalized spacial score (nSPS) is 11.3. The average molecular weight is 453 g/mol. The van der Waals surface area contributed by atoms with Crippen LogP contribution in [0.25, 0.3) is 28.2 Å². The number of nitrogens with zero attached hydrogens (tertiary/aromatic N) is 4. The number of aryl methyl sites for hydroxylation is 4. The first-order chi connectivity index (χ1) is 16.3. The molecular weight excluding hydrogens is 428 g/mol. The molecule has 0 N–H and O–H groups in total. The highest BCUT2D eigenvalue weighted by Gasteiger charge is 2.20. The van der Waals surface area contributed by atoms with E-state index in [1.54, 1.807) is 6.92 Å². The van der Waals surface area contributed by atoms with Crippen molar-refractivity contribution in [2.75, 3.05) is 0 Å². The van der Waals surface area contributed by atoms with Crippen LogP contribution in [-0.4, -0.2) is 19.1 Å². The Balaban J connectivity index is 1.73. The molecule has 0 fully saturated rings. The fraction of sp³-hybridized carbons (Fsp3) is 0.185. The van der Waals surface area contributed by atoms with Crippen molar-refractivity contribution in [2.24, 2.45) is 0 Å². The van der Waals surface area contributed by atoms with E-state index in [0.717, 1.165) is 22.4 Å². The van der Waals surface area contributed by atoms with Crippen LogP contribution in [0.2, 0.25) is 0 Å². The third kappa shape index (κ3) is 3.65. The van der Waals surface area contributed by atoms with E-state index in [0.29, 0.717) is 34.1 Å². The van der Waals surface area contributed by atoms with Gasteiger partial charge in [0.2, 0.25) is 5.89 Å². The molecule has 170 valence electrons. The lowest BCUT2D eigenvalue weighted by molar-refractivity contribution is 0.536. The highest BCUT2D eigenvalue weighted by molar-refractivity contribution is 5.79. The Hall–Kier alpha value is -4.26. The fourth-order valence-electron chi connectivity index (χ4n) is 4.25. The molecule has 2 aromatic carbocycles. The molecular formula is C27H24N4O3. The molecule has 0 spiro atoms. The molecule has 0 saturated carbocycles. The fourth-order valence-corrected chi connectivity index (χ4v) is 4.25. The summed E-state index contributed by atoms with van der Waals surface area (Å²) in [5.74, 6) is 1.02. The van der Waals surface area contributed by atoms with E-state index < -0.39 is 11.2 Å². The highest BCUT2D eigenvalue weighted by Crippen LogP contribution is 2.23. The molecule has 0 aliphatic heterocycles. The van der Waals surface area contributed by atoms with Gasteiger partial charge in [-0.15, -0.1) is 0 Å². The van der Waals surface area contributed by atoms with Crippen LogP contribution < -0.4 is 11.2 Å². The van der Waals surface area contributed by atoms with Gasteiger partial charge in [-0.25, -0.2) is 19.3 Å². The number of para-hydroxylation sites is 1. The number of aromatic nitrogens is 4. The third-order valence-corrected chi connectivity index (χ3v) is 5.90. The van der Waals surface area contributed by atoms with Crippen molar-refractivity contribution in [3.63, 3.8) is 0 Å². The quantitative estimate of drug-likeness (QED) is 0.401. The van der Waals surface area contributed by atoms with Crippen LogP contribution in [0.5, 0.6) is 0 Å². The molecule has 0 atom stereocenters. The Labute approximate surface area is 196 Å². The number of pyridine rings is 1. The second-order valence-corrected chi connectivity index (χ2v) is 8.52. The molecule has 3 aromatic heterocycles. The minimum Gasteiger partial charge on any atom is -0.441 e. The lowest BCUT2D eigenvalue weighted by Gasteiger charge is -2.15. The van der Waals surface area contributed by atoms with Crippen LogP contribution in [-0.2, 0) is 6.54 Å².